The Bertz CT molecular complexity index is 1280. The van der Waals surface area contributed by atoms with Gasteiger partial charge < -0.3 is 9.88 Å². The van der Waals surface area contributed by atoms with E-state index in [0.717, 1.165) is 41.5 Å². The molecule has 5 rings (SSSR count). The molecule has 0 bridgehead atoms. The molecule has 1 N–H and O–H groups in total. The van der Waals surface area contributed by atoms with Crippen molar-refractivity contribution in [3.05, 3.63) is 95.8 Å². The number of pyridine rings is 1. The second-order valence-corrected chi connectivity index (χ2v) is 8.24. The fourth-order valence-electron chi connectivity index (χ4n) is 4.50. The molecule has 1 aliphatic heterocycles. The van der Waals surface area contributed by atoms with Crippen LogP contribution in [0.4, 0.5) is 0 Å². The summed E-state index contributed by atoms with van der Waals surface area (Å²) < 4.78 is 0. The Balaban J connectivity index is 1.31. The van der Waals surface area contributed by atoms with Gasteiger partial charge in [-0.1, -0.05) is 36.4 Å². The smallest absolute Gasteiger partial charge is 0.273 e. The van der Waals surface area contributed by atoms with Crippen molar-refractivity contribution in [1.82, 2.24) is 24.8 Å². The van der Waals surface area contributed by atoms with E-state index in [2.05, 4.69) is 25.9 Å². The molecule has 1 atom stereocenters. The van der Waals surface area contributed by atoms with Crippen LogP contribution in [0.1, 0.15) is 33.4 Å². The average Bonchev–Trinajstić information content (AvgIpc) is 3.42. The molecule has 1 unspecified atom stereocenters. The zero-order chi connectivity index (χ0) is 22.6. The van der Waals surface area contributed by atoms with E-state index in [1.165, 1.54) is 0 Å². The van der Waals surface area contributed by atoms with Crippen molar-refractivity contribution in [3.8, 4) is 6.07 Å². The number of imidazole rings is 1. The second kappa shape index (κ2) is 9.23. The number of aromatic amines is 1. The maximum atomic E-state index is 13.3. The number of aromatic nitrogens is 3. The number of carbonyl (C=O) groups is 1. The zero-order valence-electron chi connectivity index (χ0n) is 18.2. The monoisotopic (exact) mass is 436 g/mol. The fourth-order valence-corrected chi connectivity index (χ4v) is 4.50. The molecule has 7 heteroatoms. The van der Waals surface area contributed by atoms with Crippen LogP contribution in [-0.2, 0) is 6.42 Å². The number of piperazine rings is 1. The van der Waals surface area contributed by atoms with E-state index in [9.17, 15) is 4.79 Å². The molecule has 0 saturated carbocycles. The highest BCUT2D eigenvalue weighted by molar-refractivity contribution is 6.05. The van der Waals surface area contributed by atoms with E-state index < -0.39 is 0 Å². The lowest BCUT2D eigenvalue weighted by atomic mass is 10.00. The van der Waals surface area contributed by atoms with Gasteiger partial charge in [0.25, 0.3) is 5.91 Å². The maximum absolute atomic E-state index is 13.3. The van der Waals surface area contributed by atoms with Gasteiger partial charge in [-0.15, -0.1) is 0 Å². The number of fused-ring (bicyclic) bond motifs is 1. The molecule has 1 aliphatic rings. The molecule has 1 fully saturated rings. The van der Waals surface area contributed by atoms with Gasteiger partial charge in [-0.05, 0) is 35.6 Å². The van der Waals surface area contributed by atoms with E-state index >= 15 is 0 Å². The Kier molecular flexibility index (Phi) is 5.83. The Hall–Kier alpha value is -4.02. The molecule has 1 saturated heterocycles. The number of nitrogens with zero attached hydrogens (tertiary/aromatic N) is 5. The first-order valence-electron chi connectivity index (χ1n) is 11.1. The van der Waals surface area contributed by atoms with Crippen LogP contribution >= 0.6 is 0 Å². The maximum Gasteiger partial charge on any atom is 0.273 e. The minimum Gasteiger partial charge on any atom is -0.347 e. The molecular weight excluding hydrogens is 412 g/mol. The van der Waals surface area contributed by atoms with Crippen LogP contribution in [-0.4, -0.2) is 56.8 Å². The van der Waals surface area contributed by atoms with E-state index in [0.29, 0.717) is 24.3 Å². The number of benzene rings is 2. The molecular formula is C26H24N6O. The van der Waals surface area contributed by atoms with Crippen LogP contribution in [0.2, 0.25) is 0 Å². The highest BCUT2D eigenvalue weighted by Gasteiger charge is 2.29. The lowest BCUT2D eigenvalue weighted by Crippen LogP contribution is -2.50. The van der Waals surface area contributed by atoms with Crippen molar-refractivity contribution in [2.24, 2.45) is 0 Å². The lowest BCUT2D eigenvalue weighted by molar-refractivity contribution is 0.0559. The standard InChI is InChI=1S/C26H24N6O/c27-16-20-7-5-19(6-8-20)15-24(23-17-28-18-30-23)31-11-13-32(14-12-31)26(33)25-22-4-2-1-3-21(22)9-10-29-25/h1-10,17-18,24H,11-15H2,(H,28,30). The summed E-state index contributed by atoms with van der Waals surface area (Å²) in [5.74, 6) is -0.0170. The van der Waals surface area contributed by atoms with Crippen LogP contribution in [0.3, 0.4) is 0 Å². The molecule has 0 spiro atoms. The van der Waals surface area contributed by atoms with Crippen LogP contribution in [0.5, 0.6) is 0 Å². The van der Waals surface area contributed by atoms with Crippen LogP contribution in [0.25, 0.3) is 10.8 Å². The minimum atomic E-state index is -0.0170. The third-order valence-electron chi connectivity index (χ3n) is 6.31. The highest BCUT2D eigenvalue weighted by atomic mass is 16.2. The lowest BCUT2D eigenvalue weighted by Gasteiger charge is -2.39. The third kappa shape index (κ3) is 4.34. The Morgan fingerprint density at radius 1 is 1.06 bits per heavy atom. The van der Waals surface area contributed by atoms with Crippen molar-refractivity contribution in [3.63, 3.8) is 0 Å². The number of amides is 1. The Morgan fingerprint density at radius 2 is 1.85 bits per heavy atom. The van der Waals surface area contributed by atoms with Crippen LogP contribution in [0.15, 0.2) is 73.3 Å². The van der Waals surface area contributed by atoms with Crippen molar-refractivity contribution < 1.29 is 4.79 Å². The number of carbonyl (C=O) groups excluding carboxylic acids is 1. The average molecular weight is 437 g/mol. The van der Waals surface area contributed by atoms with Gasteiger partial charge in [-0.3, -0.25) is 14.7 Å². The first-order valence-corrected chi connectivity index (χ1v) is 11.1. The van der Waals surface area contributed by atoms with E-state index in [1.807, 2.05) is 65.7 Å². The molecule has 4 aromatic rings. The number of nitrogens with one attached hydrogen (secondary N) is 1. The minimum absolute atomic E-state index is 0.0170. The topological polar surface area (TPSA) is 88.9 Å². The summed E-state index contributed by atoms with van der Waals surface area (Å²) >= 11 is 0. The molecule has 2 aromatic carbocycles. The van der Waals surface area contributed by atoms with Gasteiger partial charge in [0.2, 0.25) is 0 Å². The number of hydrogen-bond donors (Lipinski definition) is 1. The molecule has 3 heterocycles. The van der Waals surface area contributed by atoms with Gasteiger partial charge >= 0.3 is 0 Å². The largest absolute Gasteiger partial charge is 0.347 e. The zero-order valence-corrected chi connectivity index (χ0v) is 18.2. The number of H-pyrrole nitrogens is 1. The first kappa shape index (κ1) is 20.9. The van der Waals surface area contributed by atoms with Crippen molar-refractivity contribution in [2.75, 3.05) is 26.2 Å². The Morgan fingerprint density at radius 3 is 2.58 bits per heavy atom. The van der Waals surface area contributed by atoms with Crippen LogP contribution < -0.4 is 0 Å². The summed E-state index contributed by atoms with van der Waals surface area (Å²) in [5, 5.41) is 11.0. The fraction of sp³-hybridized carbons (Fsp3) is 0.231. The number of rotatable bonds is 5. The van der Waals surface area contributed by atoms with Gasteiger partial charge in [0.05, 0.1) is 29.7 Å². The predicted molar refractivity (Wildman–Crippen MR) is 125 cm³/mol. The van der Waals surface area contributed by atoms with Crippen LogP contribution in [0, 0.1) is 11.3 Å². The molecule has 164 valence electrons. The van der Waals surface area contributed by atoms with Gasteiger partial charge in [0.15, 0.2) is 0 Å². The summed E-state index contributed by atoms with van der Waals surface area (Å²) in [6.45, 7) is 2.80. The third-order valence-corrected chi connectivity index (χ3v) is 6.31. The van der Waals surface area contributed by atoms with E-state index in [1.54, 1.807) is 12.5 Å². The van der Waals surface area contributed by atoms with Gasteiger partial charge in [0, 0.05) is 44.0 Å². The van der Waals surface area contributed by atoms with Crippen molar-refractivity contribution in [2.45, 2.75) is 12.5 Å². The summed E-state index contributed by atoms with van der Waals surface area (Å²) in [6.07, 6.45) is 6.07. The molecule has 0 radical (unpaired) electrons. The highest BCUT2D eigenvalue weighted by Crippen LogP contribution is 2.26. The van der Waals surface area contributed by atoms with E-state index in [-0.39, 0.29) is 11.9 Å². The predicted octanol–water partition coefficient (Wildman–Crippen LogP) is 3.57. The molecule has 2 aromatic heterocycles. The summed E-state index contributed by atoms with van der Waals surface area (Å²) in [5.41, 5.74) is 3.39. The molecule has 33 heavy (non-hydrogen) atoms. The first-order chi connectivity index (χ1) is 16.2. The quantitative estimate of drug-likeness (QED) is 0.517. The molecule has 1 amide bonds. The second-order valence-electron chi connectivity index (χ2n) is 8.24. The van der Waals surface area contributed by atoms with Gasteiger partial charge in [-0.25, -0.2) is 4.98 Å². The van der Waals surface area contributed by atoms with E-state index in [4.69, 9.17) is 5.26 Å². The molecule has 0 aliphatic carbocycles. The number of nitriles is 1. The Labute approximate surface area is 192 Å². The normalized spacial score (nSPS) is 15.3. The van der Waals surface area contributed by atoms with Crippen molar-refractivity contribution >= 4 is 16.7 Å². The SMILES string of the molecule is N#Cc1ccc(CC(c2cnc[nH]2)N2CCN(C(=O)c3nccc4ccccc34)CC2)cc1. The summed E-state index contributed by atoms with van der Waals surface area (Å²) in [6, 6.07) is 19.8. The van der Waals surface area contributed by atoms with Gasteiger partial charge in [-0.2, -0.15) is 5.26 Å². The summed E-state index contributed by atoms with van der Waals surface area (Å²) in [7, 11) is 0. The molecule has 7 nitrogen and oxygen atoms in total. The summed E-state index contributed by atoms with van der Waals surface area (Å²) in [4.78, 5) is 29.5. The van der Waals surface area contributed by atoms with Gasteiger partial charge in [0.1, 0.15) is 5.69 Å². The van der Waals surface area contributed by atoms with Crippen molar-refractivity contribution in [1.29, 1.82) is 5.26 Å². The number of hydrogen-bond acceptors (Lipinski definition) is 5.